The molecule has 128 valence electrons. The van der Waals surface area contributed by atoms with Gasteiger partial charge >= 0.3 is 0 Å². The van der Waals surface area contributed by atoms with Crippen molar-refractivity contribution in [1.29, 1.82) is 0 Å². The number of nitrogens with one attached hydrogen (secondary N) is 1. The molecule has 0 amide bonds. The Labute approximate surface area is 152 Å². The van der Waals surface area contributed by atoms with Crippen molar-refractivity contribution < 1.29 is 20.3 Å². The number of hydrogen-bond acceptors (Lipinski definition) is 3. The van der Waals surface area contributed by atoms with E-state index in [4.69, 9.17) is 0 Å². The van der Waals surface area contributed by atoms with Gasteiger partial charge in [-0.2, -0.15) is 0 Å². The van der Waals surface area contributed by atoms with Crippen molar-refractivity contribution in [2.24, 2.45) is 0 Å². The van der Waals surface area contributed by atoms with Crippen LogP contribution in [0.5, 0.6) is 5.75 Å². The summed E-state index contributed by atoms with van der Waals surface area (Å²) in [5.74, 6) is -0.956. The van der Waals surface area contributed by atoms with Crippen molar-refractivity contribution in [3.8, 4) is 5.75 Å². The van der Waals surface area contributed by atoms with Gasteiger partial charge in [-0.3, -0.25) is 0 Å². The average Bonchev–Trinajstić information content (AvgIpc) is 2.96. The van der Waals surface area contributed by atoms with Crippen LogP contribution >= 0.6 is 15.9 Å². The summed E-state index contributed by atoms with van der Waals surface area (Å²) in [6, 6.07) is 10.6. The van der Waals surface area contributed by atoms with Crippen molar-refractivity contribution in [2.45, 2.75) is 25.4 Å². The van der Waals surface area contributed by atoms with E-state index in [1.165, 1.54) is 0 Å². The van der Waals surface area contributed by atoms with Gasteiger partial charge in [-0.25, -0.2) is 0 Å². The van der Waals surface area contributed by atoms with E-state index in [0.29, 0.717) is 16.5 Å². The monoisotopic (exact) mass is 400 g/mol. The third-order valence-corrected chi connectivity index (χ3v) is 5.49. The lowest BCUT2D eigenvalue weighted by Gasteiger charge is -2.29. The molecule has 1 aromatic heterocycles. The lowest BCUT2D eigenvalue weighted by atomic mass is 9.89. The highest BCUT2D eigenvalue weighted by atomic mass is 79.9. The molecular weight excluding hydrogens is 384 g/mol. The molecular formula is C19H17BrN2O3. The molecule has 0 saturated carbocycles. The number of phenols is 1. The van der Waals surface area contributed by atoms with Gasteiger partial charge in [0, 0.05) is 17.3 Å². The summed E-state index contributed by atoms with van der Waals surface area (Å²) in [6.07, 6.45) is 0.395. The minimum absolute atomic E-state index is 0.135. The molecule has 0 bridgehead atoms. The first kappa shape index (κ1) is 16.2. The first-order valence-corrected chi connectivity index (χ1v) is 8.89. The Balaban J connectivity index is 1.96. The predicted molar refractivity (Wildman–Crippen MR) is 95.1 cm³/mol. The van der Waals surface area contributed by atoms with Gasteiger partial charge in [0.15, 0.2) is 6.04 Å². The molecule has 5 nitrogen and oxygen atoms in total. The van der Waals surface area contributed by atoms with Crippen LogP contribution in [0, 0.1) is 6.92 Å². The zero-order valence-electron chi connectivity index (χ0n) is 13.5. The molecule has 1 aliphatic rings. The van der Waals surface area contributed by atoms with Crippen molar-refractivity contribution in [3.63, 3.8) is 0 Å². The van der Waals surface area contributed by atoms with Crippen LogP contribution in [0.3, 0.4) is 0 Å². The average molecular weight is 401 g/mol. The SMILES string of the molecule is Cc1cc(Br)c(O)c([C@H]2[NH2+][C@@H](C(=O)[O-])Cc3c2[nH]c2ccccc32)c1. The second-order valence-electron chi connectivity index (χ2n) is 6.55. The molecule has 25 heavy (non-hydrogen) atoms. The minimum Gasteiger partial charge on any atom is -0.544 e. The van der Waals surface area contributed by atoms with Gasteiger partial charge in [-0.15, -0.1) is 0 Å². The number of aromatic nitrogens is 1. The number of H-pyrrole nitrogens is 1. The fourth-order valence-corrected chi connectivity index (χ4v) is 4.33. The van der Waals surface area contributed by atoms with Crippen LogP contribution in [0.1, 0.15) is 28.4 Å². The number of phenolic OH excluding ortho intramolecular Hbond substituents is 1. The molecule has 0 fully saturated rings. The summed E-state index contributed by atoms with van der Waals surface area (Å²) in [7, 11) is 0. The molecule has 2 atom stereocenters. The number of carboxylic acid groups (broad SMARTS) is 1. The summed E-state index contributed by atoms with van der Waals surface area (Å²) in [5.41, 5.74) is 4.56. The van der Waals surface area contributed by atoms with Gasteiger partial charge in [0.2, 0.25) is 0 Å². The minimum atomic E-state index is -1.09. The van der Waals surface area contributed by atoms with Gasteiger partial charge in [0.25, 0.3) is 0 Å². The maximum Gasteiger partial charge on any atom is 0.157 e. The maximum absolute atomic E-state index is 11.6. The van der Waals surface area contributed by atoms with Gasteiger partial charge in [-0.05, 0) is 52.2 Å². The van der Waals surface area contributed by atoms with Crippen molar-refractivity contribution >= 4 is 32.8 Å². The molecule has 3 aromatic rings. The quantitative estimate of drug-likeness (QED) is 0.604. The zero-order valence-corrected chi connectivity index (χ0v) is 15.1. The topological polar surface area (TPSA) is 92.8 Å². The Morgan fingerprint density at radius 1 is 1.36 bits per heavy atom. The number of aryl methyl sites for hydroxylation is 1. The number of carbonyl (C=O) groups excluding carboxylic acids is 1. The van der Waals surface area contributed by atoms with Crippen molar-refractivity contribution in [1.82, 2.24) is 4.98 Å². The van der Waals surface area contributed by atoms with Crippen LogP contribution in [0.2, 0.25) is 0 Å². The second kappa shape index (κ2) is 5.89. The van der Waals surface area contributed by atoms with Crippen LogP contribution in [0.4, 0.5) is 0 Å². The van der Waals surface area contributed by atoms with E-state index in [-0.39, 0.29) is 11.8 Å². The number of fused-ring (bicyclic) bond motifs is 3. The van der Waals surface area contributed by atoms with Crippen LogP contribution in [0.15, 0.2) is 40.9 Å². The summed E-state index contributed by atoms with van der Waals surface area (Å²) < 4.78 is 0.601. The standard InChI is InChI=1S/C19H17BrN2O3/c1-9-6-12(18(23)13(20)7-9)17-16-11(8-15(22-17)19(24)25)10-4-2-3-5-14(10)21-16/h2-7,15,17,21-23H,8H2,1H3,(H,24,25)/t15-,17-/m1/s1. The molecule has 4 N–H and O–H groups in total. The molecule has 1 aliphatic heterocycles. The number of benzene rings is 2. The number of nitrogens with two attached hydrogens (primary N) is 1. The number of carboxylic acids is 1. The summed E-state index contributed by atoms with van der Waals surface area (Å²) >= 11 is 3.38. The van der Waals surface area contributed by atoms with Crippen LogP contribution in [-0.2, 0) is 11.2 Å². The van der Waals surface area contributed by atoms with E-state index in [0.717, 1.165) is 27.7 Å². The van der Waals surface area contributed by atoms with Crippen LogP contribution < -0.4 is 10.4 Å². The Morgan fingerprint density at radius 2 is 2.12 bits per heavy atom. The fraction of sp³-hybridized carbons (Fsp3) is 0.211. The largest absolute Gasteiger partial charge is 0.544 e. The molecule has 0 radical (unpaired) electrons. The van der Waals surface area contributed by atoms with E-state index < -0.39 is 12.0 Å². The highest BCUT2D eigenvalue weighted by molar-refractivity contribution is 9.10. The number of halogens is 1. The molecule has 4 rings (SSSR count). The van der Waals surface area contributed by atoms with E-state index in [1.54, 1.807) is 5.32 Å². The normalized spacial score (nSPS) is 19.8. The summed E-state index contributed by atoms with van der Waals surface area (Å²) in [5, 5.41) is 24.9. The summed E-state index contributed by atoms with van der Waals surface area (Å²) in [4.78, 5) is 15.0. The Bertz CT molecular complexity index is 996. The molecule has 0 saturated heterocycles. The first-order chi connectivity index (χ1) is 12.0. The number of quaternary nitrogens is 1. The van der Waals surface area contributed by atoms with Gasteiger partial charge in [-0.1, -0.05) is 18.2 Å². The number of hydrogen-bond donors (Lipinski definition) is 3. The second-order valence-corrected chi connectivity index (χ2v) is 7.40. The Hall–Kier alpha value is -2.31. The van der Waals surface area contributed by atoms with Gasteiger partial charge < -0.3 is 25.3 Å². The molecule has 2 heterocycles. The zero-order chi connectivity index (χ0) is 17.7. The van der Waals surface area contributed by atoms with E-state index in [2.05, 4.69) is 20.9 Å². The number of aromatic amines is 1. The van der Waals surface area contributed by atoms with E-state index >= 15 is 0 Å². The highest BCUT2D eigenvalue weighted by Gasteiger charge is 2.36. The maximum atomic E-state index is 11.6. The third kappa shape index (κ3) is 2.62. The fourth-order valence-electron chi connectivity index (χ4n) is 3.74. The van der Waals surface area contributed by atoms with Crippen molar-refractivity contribution in [3.05, 3.63) is 63.3 Å². The van der Waals surface area contributed by atoms with Crippen LogP contribution in [-0.4, -0.2) is 22.1 Å². The van der Waals surface area contributed by atoms with Gasteiger partial charge in [0.1, 0.15) is 11.8 Å². The Morgan fingerprint density at radius 3 is 2.88 bits per heavy atom. The third-order valence-electron chi connectivity index (χ3n) is 4.88. The van der Waals surface area contributed by atoms with Gasteiger partial charge in [0.05, 0.1) is 21.7 Å². The lowest BCUT2D eigenvalue weighted by molar-refractivity contribution is -0.717. The number of carbonyl (C=O) groups is 1. The van der Waals surface area contributed by atoms with Crippen molar-refractivity contribution in [2.75, 3.05) is 0 Å². The number of para-hydroxylation sites is 1. The number of rotatable bonds is 2. The Kier molecular flexibility index (Phi) is 3.81. The summed E-state index contributed by atoms with van der Waals surface area (Å²) in [6.45, 7) is 1.94. The molecule has 0 unspecified atom stereocenters. The molecule has 0 aliphatic carbocycles. The van der Waals surface area contributed by atoms with E-state index in [9.17, 15) is 15.0 Å². The molecule has 6 heteroatoms. The lowest BCUT2D eigenvalue weighted by Crippen LogP contribution is -2.95. The highest BCUT2D eigenvalue weighted by Crippen LogP contribution is 2.38. The first-order valence-electron chi connectivity index (χ1n) is 8.10. The van der Waals surface area contributed by atoms with E-state index in [1.807, 2.05) is 43.3 Å². The predicted octanol–water partition coefficient (Wildman–Crippen LogP) is 1.27. The molecule has 0 spiro atoms. The van der Waals surface area contributed by atoms with Crippen LogP contribution in [0.25, 0.3) is 10.9 Å². The molecule has 2 aromatic carbocycles. The number of aliphatic carboxylic acids is 1. The smallest absolute Gasteiger partial charge is 0.157 e. The number of aromatic hydroxyl groups is 1.